The first-order valence-corrected chi connectivity index (χ1v) is 7.32. The lowest BCUT2D eigenvalue weighted by Gasteiger charge is -2.23. The van der Waals surface area contributed by atoms with Gasteiger partial charge >= 0.3 is 0 Å². The lowest BCUT2D eigenvalue weighted by atomic mass is 10.1. The molecule has 0 radical (unpaired) electrons. The molecule has 1 aliphatic heterocycles. The molecule has 5 nitrogen and oxygen atoms in total. The van der Waals surface area contributed by atoms with Crippen molar-refractivity contribution < 1.29 is 18.7 Å². The molecule has 0 spiro atoms. The Kier molecular flexibility index (Phi) is 6.36. The third-order valence-corrected chi connectivity index (χ3v) is 3.51. The summed E-state index contributed by atoms with van der Waals surface area (Å²) < 4.78 is 23.0. The number of carbonyl (C=O) groups is 1. The number of nitrogens with two attached hydrogens (primary N) is 1. The van der Waals surface area contributed by atoms with Crippen LogP contribution in [0.2, 0.25) is 0 Å². The zero-order chi connectivity index (χ0) is 15.8. The zero-order valence-electron chi connectivity index (χ0n) is 12.4. The average molecular weight is 308 g/mol. The predicted molar refractivity (Wildman–Crippen MR) is 81.5 cm³/mol. The summed E-state index contributed by atoms with van der Waals surface area (Å²) in [6.07, 6.45) is 2.13. The van der Waals surface area contributed by atoms with Gasteiger partial charge in [0.25, 0.3) is 5.91 Å². The minimum atomic E-state index is -0.107. The van der Waals surface area contributed by atoms with Crippen LogP contribution in [0.3, 0.4) is 0 Å². The van der Waals surface area contributed by atoms with Gasteiger partial charge < -0.3 is 20.5 Å². The normalized spacial score (nSPS) is 16.4. The highest BCUT2D eigenvalue weighted by Gasteiger charge is 2.16. The monoisotopic (exact) mass is 308 g/mol. The van der Waals surface area contributed by atoms with Crippen molar-refractivity contribution in [2.45, 2.75) is 18.9 Å². The number of rotatable bonds is 6. The van der Waals surface area contributed by atoms with Crippen LogP contribution < -0.4 is 15.8 Å². The topological polar surface area (TPSA) is 73.6 Å². The molecule has 120 valence electrons. The van der Waals surface area contributed by atoms with Crippen molar-refractivity contribution >= 4 is 5.91 Å². The molecule has 3 N–H and O–H groups in total. The van der Waals surface area contributed by atoms with E-state index < -0.39 is 0 Å². The van der Waals surface area contributed by atoms with E-state index in [-0.39, 0.29) is 25.1 Å². The summed E-state index contributed by atoms with van der Waals surface area (Å²) in [5.41, 5.74) is 6.29. The molecule has 1 saturated heterocycles. The van der Waals surface area contributed by atoms with Gasteiger partial charge in [-0.3, -0.25) is 4.79 Å². The number of amides is 1. The Balaban J connectivity index is 1.86. The van der Waals surface area contributed by atoms with E-state index >= 15 is 0 Å². The van der Waals surface area contributed by atoms with E-state index in [1.807, 2.05) is 0 Å². The summed E-state index contributed by atoms with van der Waals surface area (Å²) in [5.74, 6) is 0.458. The van der Waals surface area contributed by atoms with E-state index in [9.17, 15) is 9.18 Å². The van der Waals surface area contributed by atoms with E-state index in [0.717, 1.165) is 12.8 Å². The number of ether oxygens (including phenoxy) is 2. The number of benzene rings is 1. The molecule has 1 aliphatic rings. The third kappa shape index (κ3) is 4.82. The van der Waals surface area contributed by atoms with Gasteiger partial charge in [0.2, 0.25) is 0 Å². The third-order valence-electron chi connectivity index (χ3n) is 3.51. The van der Waals surface area contributed by atoms with E-state index in [2.05, 4.69) is 5.32 Å². The molecule has 6 heteroatoms. The minimum absolute atomic E-state index is 0.0978. The van der Waals surface area contributed by atoms with Crippen LogP contribution in [0.4, 0.5) is 4.39 Å². The fraction of sp³-hybridized carbons (Fsp3) is 0.438. The summed E-state index contributed by atoms with van der Waals surface area (Å²) in [7, 11) is 0. The molecule has 1 amide bonds. The minimum Gasteiger partial charge on any atom is -0.489 e. The Labute approximate surface area is 129 Å². The van der Waals surface area contributed by atoms with Crippen molar-refractivity contribution in [3.63, 3.8) is 0 Å². The molecular weight excluding hydrogens is 287 g/mol. The van der Waals surface area contributed by atoms with E-state index in [4.69, 9.17) is 15.2 Å². The summed E-state index contributed by atoms with van der Waals surface area (Å²) in [5, 5.41) is 2.99. The van der Waals surface area contributed by atoms with Gasteiger partial charge in [0.1, 0.15) is 12.4 Å². The molecule has 0 atom stereocenters. The van der Waals surface area contributed by atoms with Gasteiger partial charge in [-0.1, -0.05) is 0 Å². The van der Waals surface area contributed by atoms with Gasteiger partial charge in [-0.2, -0.15) is 0 Å². The Morgan fingerprint density at radius 2 is 2.05 bits per heavy atom. The van der Waals surface area contributed by atoms with Crippen LogP contribution >= 0.6 is 0 Å². The van der Waals surface area contributed by atoms with Gasteiger partial charge in [0, 0.05) is 36.9 Å². The van der Waals surface area contributed by atoms with Crippen LogP contribution in [0.25, 0.3) is 0 Å². The summed E-state index contributed by atoms with van der Waals surface area (Å²) in [6.45, 7) is 1.58. The quantitative estimate of drug-likeness (QED) is 0.840. The Morgan fingerprint density at radius 1 is 1.36 bits per heavy atom. The summed E-state index contributed by atoms with van der Waals surface area (Å²) in [6, 6.07) is 6.91. The molecule has 2 rings (SSSR count). The number of hydrogen-bond acceptors (Lipinski definition) is 4. The fourth-order valence-electron chi connectivity index (χ4n) is 2.12. The molecule has 0 aromatic heterocycles. The molecule has 0 saturated carbocycles. The molecule has 0 unspecified atom stereocenters. The number of halogens is 1. The first-order valence-electron chi connectivity index (χ1n) is 7.32. The molecule has 0 aliphatic carbocycles. The van der Waals surface area contributed by atoms with Gasteiger partial charge in [0.05, 0.1) is 6.33 Å². The maximum atomic E-state index is 12.4. The van der Waals surface area contributed by atoms with Gasteiger partial charge in [0.15, 0.2) is 0 Å². The van der Waals surface area contributed by atoms with Crippen LogP contribution in [0.1, 0.15) is 23.2 Å². The Hall–Kier alpha value is -1.92. The van der Waals surface area contributed by atoms with E-state index in [0.29, 0.717) is 36.4 Å². The first-order chi connectivity index (χ1) is 10.7. The summed E-state index contributed by atoms with van der Waals surface area (Å²) in [4.78, 5) is 12.1. The first kappa shape index (κ1) is 16.5. The molecule has 0 bridgehead atoms. The van der Waals surface area contributed by atoms with Crippen molar-refractivity contribution in [1.29, 1.82) is 0 Å². The molecule has 1 aromatic rings. The molecule has 1 fully saturated rings. The highest BCUT2D eigenvalue weighted by molar-refractivity contribution is 5.94. The van der Waals surface area contributed by atoms with Gasteiger partial charge in [-0.05, 0) is 37.1 Å². The maximum Gasteiger partial charge on any atom is 0.251 e. The Morgan fingerprint density at radius 3 is 2.64 bits per heavy atom. The second kappa shape index (κ2) is 8.51. The van der Waals surface area contributed by atoms with Crippen molar-refractivity contribution in [2.75, 3.05) is 26.4 Å². The molecule has 1 heterocycles. The van der Waals surface area contributed by atoms with Crippen molar-refractivity contribution in [2.24, 2.45) is 5.73 Å². The lowest BCUT2D eigenvalue weighted by molar-refractivity contribution is 0.0696. The second-order valence-corrected chi connectivity index (χ2v) is 5.14. The zero-order valence-corrected chi connectivity index (χ0v) is 12.4. The molecule has 1 aromatic carbocycles. The standard InChI is InChI=1S/C16H21FN2O3/c17-9-12(10-18)11-22-15-3-1-13(2-4-15)16(20)19-14-5-7-21-8-6-14/h1-4,9,14H,5-8,10-11,18H2,(H,19,20)/b12-9+. The van der Waals surface area contributed by atoms with Gasteiger partial charge in [-0.25, -0.2) is 4.39 Å². The van der Waals surface area contributed by atoms with Crippen LogP contribution in [-0.2, 0) is 4.74 Å². The lowest BCUT2D eigenvalue weighted by Crippen LogP contribution is -2.38. The predicted octanol–water partition coefficient (Wildman–Crippen LogP) is 1.79. The average Bonchev–Trinajstić information content (AvgIpc) is 2.57. The highest BCUT2D eigenvalue weighted by atomic mass is 19.1. The SMILES string of the molecule is NC/C(=C\F)COc1ccc(C(=O)NC2CCOCC2)cc1. The largest absolute Gasteiger partial charge is 0.489 e. The van der Waals surface area contributed by atoms with Crippen LogP contribution in [0.5, 0.6) is 5.75 Å². The van der Waals surface area contributed by atoms with Crippen molar-refractivity contribution in [3.8, 4) is 5.75 Å². The van der Waals surface area contributed by atoms with Crippen LogP contribution in [-0.4, -0.2) is 38.3 Å². The fourth-order valence-corrected chi connectivity index (χ4v) is 2.12. The highest BCUT2D eigenvalue weighted by Crippen LogP contribution is 2.14. The second-order valence-electron chi connectivity index (χ2n) is 5.14. The van der Waals surface area contributed by atoms with Crippen molar-refractivity contribution in [3.05, 3.63) is 41.7 Å². The molecule has 22 heavy (non-hydrogen) atoms. The number of nitrogens with one attached hydrogen (secondary N) is 1. The smallest absolute Gasteiger partial charge is 0.251 e. The Bertz CT molecular complexity index is 511. The van der Waals surface area contributed by atoms with Crippen LogP contribution in [0.15, 0.2) is 36.2 Å². The number of hydrogen-bond donors (Lipinski definition) is 2. The summed E-state index contributed by atoms with van der Waals surface area (Å²) >= 11 is 0. The van der Waals surface area contributed by atoms with Gasteiger partial charge in [-0.15, -0.1) is 0 Å². The maximum absolute atomic E-state index is 12.4. The van der Waals surface area contributed by atoms with Crippen LogP contribution in [0, 0.1) is 0 Å². The van der Waals surface area contributed by atoms with E-state index in [1.165, 1.54) is 0 Å². The molecular formula is C16H21FN2O3. The van der Waals surface area contributed by atoms with E-state index in [1.54, 1.807) is 24.3 Å². The number of carbonyl (C=O) groups excluding carboxylic acids is 1. The van der Waals surface area contributed by atoms with Crippen molar-refractivity contribution in [1.82, 2.24) is 5.32 Å².